The zero-order valence-corrected chi connectivity index (χ0v) is 36.0. The largest absolute Gasteiger partial charge is 0.394 e. The average Bonchev–Trinajstić information content (AvgIpc) is 3.69. The monoisotopic (exact) mass is 872 g/mol. The molecule has 17 heteroatoms. The lowest BCUT2D eigenvalue weighted by molar-refractivity contribution is -0.378. The van der Waals surface area contributed by atoms with Gasteiger partial charge in [-0.2, -0.15) is 0 Å². The van der Waals surface area contributed by atoms with Crippen LogP contribution in [-0.4, -0.2) is 176 Å². The molecular weight excluding hydrogens is 800 g/mol. The van der Waals surface area contributed by atoms with E-state index in [0.29, 0.717) is 41.4 Å². The predicted octanol–water partition coefficient (Wildman–Crippen LogP) is -0.0945. The van der Waals surface area contributed by atoms with Crippen LogP contribution in [0.2, 0.25) is 0 Å². The van der Waals surface area contributed by atoms with Gasteiger partial charge in [-0.15, -0.1) is 0 Å². The van der Waals surface area contributed by atoms with E-state index in [-0.39, 0.29) is 23.0 Å². The van der Waals surface area contributed by atoms with E-state index in [0.717, 1.165) is 51.6 Å². The second kappa shape index (κ2) is 17.2. The van der Waals surface area contributed by atoms with Crippen molar-refractivity contribution >= 4 is 0 Å². The summed E-state index contributed by atoms with van der Waals surface area (Å²) in [6.45, 7) is 8.69. The third-order valence-corrected chi connectivity index (χ3v) is 17.9. The van der Waals surface area contributed by atoms with Crippen molar-refractivity contribution in [2.45, 2.75) is 196 Å². The summed E-state index contributed by atoms with van der Waals surface area (Å²) in [5.41, 5.74) is 0.396. The second-order valence-corrected chi connectivity index (χ2v) is 21.1. The molecule has 26 unspecified atom stereocenters. The summed E-state index contributed by atoms with van der Waals surface area (Å²) >= 11 is 0. The summed E-state index contributed by atoms with van der Waals surface area (Å²) in [6, 6.07) is 0. The Kier molecular flexibility index (Phi) is 12.8. The summed E-state index contributed by atoms with van der Waals surface area (Å²) < 4.78 is 48.5. The number of hydrogen-bond donors (Lipinski definition) is 9. The maximum atomic E-state index is 11.4. The molecule has 0 radical (unpaired) electrons. The van der Waals surface area contributed by atoms with Gasteiger partial charge in [-0.1, -0.05) is 27.7 Å². The number of fused-ring (bicyclic) bond motifs is 7. The molecule has 5 aliphatic heterocycles. The first-order valence-electron chi connectivity index (χ1n) is 23.2. The maximum Gasteiger partial charge on any atom is 0.187 e. The zero-order chi connectivity index (χ0) is 43.3. The first kappa shape index (κ1) is 45.5. The van der Waals surface area contributed by atoms with Gasteiger partial charge in [0.25, 0.3) is 0 Å². The molecule has 0 aromatic heterocycles. The molecular formula is C44H72O17. The molecule has 61 heavy (non-hydrogen) atoms. The highest BCUT2D eigenvalue weighted by Crippen LogP contribution is 2.71. The van der Waals surface area contributed by atoms with Crippen LogP contribution < -0.4 is 0 Å². The number of ether oxygens (including phenoxy) is 8. The zero-order valence-electron chi connectivity index (χ0n) is 36.0. The Morgan fingerprint density at radius 1 is 0.607 bits per heavy atom. The van der Waals surface area contributed by atoms with Gasteiger partial charge in [0, 0.05) is 12.3 Å². The van der Waals surface area contributed by atoms with Crippen molar-refractivity contribution in [2.75, 3.05) is 26.4 Å². The van der Waals surface area contributed by atoms with Gasteiger partial charge in [-0.3, -0.25) is 0 Å². The number of aliphatic hydroxyl groups is 9. The molecule has 9 rings (SSSR count). The van der Waals surface area contributed by atoms with Crippen molar-refractivity contribution in [3.05, 3.63) is 0 Å². The predicted molar refractivity (Wildman–Crippen MR) is 210 cm³/mol. The van der Waals surface area contributed by atoms with Gasteiger partial charge in [-0.25, -0.2) is 0 Å². The minimum Gasteiger partial charge on any atom is -0.394 e. The Labute approximate surface area is 357 Å². The van der Waals surface area contributed by atoms with E-state index < -0.39 is 112 Å². The van der Waals surface area contributed by atoms with Crippen LogP contribution in [0.15, 0.2) is 0 Å². The van der Waals surface area contributed by atoms with E-state index >= 15 is 0 Å². The van der Waals surface area contributed by atoms with Crippen LogP contribution in [0.25, 0.3) is 0 Å². The normalized spacial score (nSPS) is 58.5. The Balaban J connectivity index is 0.815. The first-order valence-corrected chi connectivity index (χ1v) is 23.2. The molecule has 5 heterocycles. The molecule has 1 spiro atoms. The molecule has 17 nitrogen and oxygen atoms in total. The van der Waals surface area contributed by atoms with Gasteiger partial charge in [0.05, 0.1) is 38.6 Å². The Morgan fingerprint density at radius 3 is 2.02 bits per heavy atom. The fourth-order valence-electron chi connectivity index (χ4n) is 14.4. The first-order chi connectivity index (χ1) is 29.0. The minimum absolute atomic E-state index is 0.154. The molecule has 9 aliphatic rings. The lowest BCUT2D eigenvalue weighted by Gasteiger charge is -2.61. The van der Waals surface area contributed by atoms with Crippen LogP contribution in [-0.2, 0) is 37.9 Å². The van der Waals surface area contributed by atoms with Crippen LogP contribution in [0.1, 0.15) is 91.9 Å². The Morgan fingerprint density at radius 2 is 1.30 bits per heavy atom. The van der Waals surface area contributed by atoms with Crippen molar-refractivity contribution in [1.82, 2.24) is 0 Å². The van der Waals surface area contributed by atoms with E-state index in [2.05, 4.69) is 27.7 Å². The van der Waals surface area contributed by atoms with Crippen molar-refractivity contribution < 1.29 is 83.9 Å². The smallest absolute Gasteiger partial charge is 0.187 e. The lowest BCUT2D eigenvalue weighted by Crippen LogP contribution is -2.66. The van der Waals surface area contributed by atoms with Crippen LogP contribution >= 0.6 is 0 Å². The van der Waals surface area contributed by atoms with Gasteiger partial charge >= 0.3 is 0 Å². The van der Waals surface area contributed by atoms with E-state index in [1.807, 2.05) is 0 Å². The third kappa shape index (κ3) is 7.58. The highest BCUT2D eigenvalue weighted by atomic mass is 16.8. The standard InChI is InChI=1S/C44H72O17/c1-19-7-12-44(55-17-19)20(2)30-27(61-44)14-25-23-6-5-21-13-22(8-10-42(21,3)24(23)9-11-43(25,30)4)56-40-35(52)33(50)37(29(16-46)58-40)59-41-36(53)38(32(49)28(15-45)57-41)60-39-34(51)31(48)26(47)18-54-39/h19-41,45-53H,5-18H2,1-4H3. The second-order valence-electron chi connectivity index (χ2n) is 21.1. The van der Waals surface area contributed by atoms with Crippen LogP contribution in [0, 0.1) is 52.3 Å². The van der Waals surface area contributed by atoms with E-state index in [1.165, 1.54) is 19.3 Å². The van der Waals surface area contributed by atoms with Crippen LogP contribution in [0.3, 0.4) is 0 Å². The molecule has 9 fully saturated rings. The molecule has 0 aromatic carbocycles. The van der Waals surface area contributed by atoms with Crippen molar-refractivity contribution in [3.8, 4) is 0 Å². The summed E-state index contributed by atoms with van der Waals surface area (Å²) in [6.07, 6.45) is -11.3. The molecule has 4 saturated carbocycles. The Bertz CT molecular complexity index is 1520. The third-order valence-electron chi connectivity index (χ3n) is 17.9. The van der Waals surface area contributed by atoms with Gasteiger partial charge in [0.1, 0.15) is 67.1 Å². The van der Waals surface area contributed by atoms with Gasteiger partial charge in [0.2, 0.25) is 0 Å². The highest BCUT2D eigenvalue weighted by Gasteiger charge is 2.69. The minimum atomic E-state index is -1.82. The van der Waals surface area contributed by atoms with Crippen molar-refractivity contribution in [2.24, 2.45) is 52.3 Å². The van der Waals surface area contributed by atoms with E-state index in [9.17, 15) is 46.0 Å². The maximum absolute atomic E-state index is 11.4. The Hall–Kier alpha value is -0.680. The molecule has 4 aliphatic carbocycles. The van der Waals surface area contributed by atoms with Crippen LogP contribution in [0.5, 0.6) is 0 Å². The molecule has 9 N–H and O–H groups in total. The van der Waals surface area contributed by atoms with Gasteiger partial charge in [0.15, 0.2) is 24.7 Å². The van der Waals surface area contributed by atoms with Crippen LogP contribution in [0.4, 0.5) is 0 Å². The van der Waals surface area contributed by atoms with Gasteiger partial charge < -0.3 is 83.9 Å². The molecule has 0 amide bonds. The SMILES string of the molecule is CC1CCC2(OC1)OC1CC3C4CCC5CC(OC6OC(CO)C(OC7OC(CO)C(O)C(OC8OCC(O)C(O)C8O)C7O)C(O)C6O)CCC5(C)C4CCC3(C)C1C2C. The van der Waals surface area contributed by atoms with Crippen molar-refractivity contribution in [3.63, 3.8) is 0 Å². The molecule has 5 saturated heterocycles. The summed E-state index contributed by atoms with van der Waals surface area (Å²) in [7, 11) is 0. The summed E-state index contributed by atoms with van der Waals surface area (Å²) in [4.78, 5) is 0. The topological polar surface area (TPSA) is 256 Å². The highest BCUT2D eigenvalue weighted by molar-refractivity contribution is 5.15. The number of aliphatic hydroxyl groups excluding tert-OH is 9. The summed E-state index contributed by atoms with van der Waals surface area (Å²) in [5, 5.41) is 95.7. The fraction of sp³-hybridized carbons (Fsp3) is 1.00. The summed E-state index contributed by atoms with van der Waals surface area (Å²) in [5.74, 6) is 3.40. The number of hydrogen-bond acceptors (Lipinski definition) is 17. The van der Waals surface area contributed by atoms with Gasteiger partial charge in [-0.05, 0) is 104 Å². The quantitative estimate of drug-likeness (QED) is 0.145. The fourth-order valence-corrected chi connectivity index (χ4v) is 14.4. The average molecular weight is 873 g/mol. The molecule has 0 bridgehead atoms. The van der Waals surface area contributed by atoms with Crippen molar-refractivity contribution in [1.29, 1.82) is 0 Å². The van der Waals surface area contributed by atoms with E-state index in [4.69, 9.17) is 37.9 Å². The molecule has 350 valence electrons. The lowest BCUT2D eigenvalue weighted by atomic mass is 9.44. The van der Waals surface area contributed by atoms with E-state index in [1.54, 1.807) is 0 Å². The molecule has 0 aromatic rings. The number of rotatable bonds is 8. The molecule has 26 atom stereocenters.